The maximum Gasteiger partial charge on any atom is 0.336 e. The van der Waals surface area contributed by atoms with Gasteiger partial charge in [-0.3, -0.25) is 9.59 Å². The molecule has 0 aliphatic carbocycles. The van der Waals surface area contributed by atoms with Crippen LogP contribution in [0, 0.1) is 0 Å². The van der Waals surface area contributed by atoms with Gasteiger partial charge in [0, 0.05) is 7.05 Å². The zero-order valence-electron chi connectivity index (χ0n) is 9.01. The number of nitrogens with zero attached hydrogens (tertiary/aromatic N) is 1. The van der Waals surface area contributed by atoms with E-state index in [2.05, 4.69) is 5.32 Å². The lowest BCUT2D eigenvalue weighted by molar-refractivity contribution is -0.145. The summed E-state index contributed by atoms with van der Waals surface area (Å²) in [6.45, 7) is 0. The average molecular weight is 234 g/mol. The predicted molar refractivity (Wildman–Crippen MR) is 58.6 cm³/mol. The van der Waals surface area contributed by atoms with Crippen molar-refractivity contribution in [3.8, 4) is 0 Å². The number of carbonyl (C=O) groups is 3. The van der Waals surface area contributed by atoms with Gasteiger partial charge in [0.15, 0.2) is 0 Å². The number of hydrogen-bond acceptors (Lipinski definition) is 3. The maximum atomic E-state index is 12.0. The number of aliphatic carboxylic acids is 1. The minimum Gasteiger partial charge on any atom is -0.479 e. The highest BCUT2D eigenvalue weighted by molar-refractivity contribution is 6.16. The van der Waals surface area contributed by atoms with E-state index in [0.717, 1.165) is 4.90 Å². The largest absolute Gasteiger partial charge is 0.479 e. The number of nitrogens with one attached hydrogen (secondary N) is 1. The number of rotatable bonds is 1. The predicted octanol–water partition coefficient (Wildman–Crippen LogP) is 0.164. The average Bonchev–Trinajstić information content (AvgIpc) is 2.36. The lowest BCUT2D eigenvalue weighted by Gasteiger charge is -2.20. The second-order valence-corrected chi connectivity index (χ2v) is 3.69. The third-order valence-electron chi connectivity index (χ3n) is 2.61. The van der Waals surface area contributed by atoms with Crippen LogP contribution in [0.1, 0.15) is 10.4 Å². The zero-order valence-corrected chi connectivity index (χ0v) is 9.01. The highest BCUT2D eigenvalue weighted by atomic mass is 16.4. The fraction of sp³-hybridized carbons (Fsp3) is 0.182. The highest BCUT2D eigenvalue weighted by Gasteiger charge is 2.37. The van der Waals surface area contributed by atoms with E-state index < -0.39 is 23.8 Å². The molecule has 6 nitrogen and oxygen atoms in total. The number of carboxylic acids is 1. The van der Waals surface area contributed by atoms with Gasteiger partial charge in [-0.2, -0.15) is 0 Å². The van der Waals surface area contributed by atoms with Gasteiger partial charge in [-0.05, 0) is 12.1 Å². The van der Waals surface area contributed by atoms with Gasteiger partial charge < -0.3 is 15.3 Å². The van der Waals surface area contributed by atoms with Crippen LogP contribution in [0.3, 0.4) is 0 Å². The van der Waals surface area contributed by atoms with Crippen LogP contribution in [0.5, 0.6) is 0 Å². The summed E-state index contributed by atoms with van der Waals surface area (Å²) in [6.07, 6.45) is 0. The van der Waals surface area contributed by atoms with Crippen LogP contribution >= 0.6 is 0 Å². The maximum absolute atomic E-state index is 12.0. The molecule has 1 aliphatic rings. The normalized spacial score (nSPS) is 19.4. The monoisotopic (exact) mass is 234 g/mol. The Morgan fingerprint density at radius 2 is 2.00 bits per heavy atom. The summed E-state index contributed by atoms with van der Waals surface area (Å²) < 4.78 is 0. The Morgan fingerprint density at radius 3 is 2.65 bits per heavy atom. The number of para-hydroxylation sites is 1. The standard InChI is InChI=1S/C11H10N2O4/c1-13-8(11(16)17)9(14)12-7-5-3-2-4-6(7)10(13)15/h2-5,8H,1H3,(H,12,14)(H,16,17). The Labute approximate surface area is 96.8 Å². The number of amides is 2. The molecule has 0 radical (unpaired) electrons. The number of fused-ring (bicyclic) bond motifs is 1. The molecule has 2 amide bonds. The molecule has 88 valence electrons. The molecule has 0 saturated heterocycles. The topological polar surface area (TPSA) is 86.7 Å². The van der Waals surface area contributed by atoms with Gasteiger partial charge in [0.25, 0.3) is 11.8 Å². The van der Waals surface area contributed by atoms with Crippen LogP contribution in [0.15, 0.2) is 24.3 Å². The van der Waals surface area contributed by atoms with E-state index in [9.17, 15) is 14.4 Å². The van der Waals surface area contributed by atoms with E-state index >= 15 is 0 Å². The minimum atomic E-state index is -1.50. The molecule has 6 heteroatoms. The van der Waals surface area contributed by atoms with Crippen molar-refractivity contribution in [1.82, 2.24) is 4.90 Å². The molecule has 1 aromatic rings. The number of anilines is 1. The molecule has 1 unspecified atom stereocenters. The number of benzene rings is 1. The first-order valence-electron chi connectivity index (χ1n) is 4.92. The molecule has 1 atom stereocenters. The molecular weight excluding hydrogens is 224 g/mol. The lowest BCUT2D eigenvalue weighted by Crippen LogP contribution is -2.47. The SMILES string of the molecule is CN1C(=O)c2ccccc2NC(=O)C1C(=O)O. The Morgan fingerprint density at radius 1 is 1.35 bits per heavy atom. The van der Waals surface area contributed by atoms with Crippen molar-refractivity contribution in [1.29, 1.82) is 0 Å². The first kappa shape index (κ1) is 11.1. The Kier molecular flexibility index (Phi) is 2.55. The first-order chi connectivity index (χ1) is 8.02. The van der Waals surface area contributed by atoms with Gasteiger partial charge in [0.2, 0.25) is 6.04 Å². The summed E-state index contributed by atoms with van der Waals surface area (Å²) in [7, 11) is 1.29. The third-order valence-corrected chi connectivity index (χ3v) is 2.61. The van der Waals surface area contributed by atoms with Crippen LogP contribution in [-0.4, -0.2) is 40.9 Å². The molecule has 0 bridgehead atoms. The number of carbonyl (C=O) groups excluding carboxylic acids is 2. The summed E-state index contributed by atoms with van der Waals surface area (Å²) >= 11 is 0. The smallest absolute Gasteiger partial charge is 0.336 e. The summed E-state index contributed by atoms with van der Waals surface area (Å²) in [6, 6.07) is 4.91. The molecule has 17 heavy (non-hydrogen) atoms. The van der Waals surface area contributed by atoms with Crippen LogP contribution in [0.4, 0.5) is 5.69 Å². The number of likely N-dealkylation sites (N-methyl/N-ethyl adjacent to an activating group) is 1. The van der Waals surface area contributed by atoms with E-state index in [4.69, 9.17) is 5.11 Å². The number of hydrogen-bond donors (Lipinski definition) is 2. The second-order valence-electron chi connectivity index (χ2n) is 3.69. The van der Waals surface area contributed by atoms with Crippen molar-refractivity contribution in [2.45, 2.75) is 6.04 Å². The Balaban J connectivity index is 2.53. The van der Waals surface area contributed by atoms with E-state index in [-0.39, 0.29) is 5.56 Å². The van der Waals surface area contributed by atoms with Crippen LogP contribution < -0.4 is 5.32 Å². The molecule has 0 saturated carbocycles. The molecule has 0 aromatic heterocycles. The fourth-order valence-corrected chi connectivity index (χ4v) is 1.74. The van der Waals surface area contributed by atoms with E-state index in [1.807, 2.05) is 0 Å². The molecule has 0 fully saturated rings. The van der Waals surface area contributed by atoms with E-state index in [1.165, 1.54) is 7.05 Å². The molecular formula is C11H10N2O4. The molecule has 1 heterocycles. The van der Waals surface area contributed by atoms with Crippen molar-refractivity contribution in [3.63, 3.8) is 0 Å². The van der Waals surface area contributed by atoms with Gasteiger partial charge in [-0.15, -0.1) is 0 Å². The van der Waals surface area contributed by atoms with Crippen molar-refractivity contribution >= 4 is 23.5 Å². The molecule has 2 N–H and O–H groups in total. The first-order valence-corrected chi connectivity index (χ1v) is 4.92. The van der Waals surface area contributed by atoms with Gasteiger partial charge in [0.05, 0.1) is 11.3 Å². The highest BCUT2D eigenvalue weighted by Crippen LogP contribution is 2.21. The summed E-state index contributed by atoms with van der Waals surface area (Å²) in [4.78, 5) is 35.5. The Bertz CT molecular complexity index is 512. The van der Waals surface area contributed by atoms with Gasteiger partial charge in [-0.1, -0.05) is 12.1 Å². The van der Waals surface area contributed by atoms with Crippen molar-refractivity contribution < 1.29 is 19.5 Å². The fourth-order valence-electron chi connectivity index (χ4n) is 1.74. The summed E-state index contributed by atoms with van der Waals surface area (Å²) in [5.41, 5.74) is 0.616. The van der Waals surface area contributed by atoms with Crippen LogP contribution in [0.25, 0.3) is 0 Å². The quantitative estimate of drug-likeness (QED) is 0.678. The third kappa shape index (κ3) is 1.73. The van der Waals surface area contributed by atoms with Crippen LogP contribution in [-0.2, 0) is 9.59 Å². The zero-order chi connectivity index (χ0) is 12.6. The molecule has 1 aliphatic heterocycles. The summed E-state index contributed by atoms with van der Waals surface area (Å²) in [5, 5.41) is 11.4. The van der Waals surface area contributed by atoms with Crippen LogP contribution in [0.2, 0.25) is 0 Å². The summed E-state index contributed by atoms with van der Waals surface area (Å²) in [5.74, 6) is -2.57. The van der Waals surface area contributed by atoms with Crippen molar-refractivity contribution in [2.75, 3.05) is 12.4 Å². The van der Waals surface area contributed by atoms with Crippen molar-refractivity contribution in [3.05, 3.63) is 29.8 Å². The Hall–Kier alpha value is -2.37. The number of carboxylic acid groups (broad SMARTS) is 1. The molecule has 1 aromatic carbocycles. The lowest BCUT2D eigenvalue weighted by atomic mass is 10.1. The van der Waals surface area contributed by atoms with E-state index in [1.54, 1.807) is 24.3 Å². The van der Waals surface area contributed by atoms with Gasteiger partial charge in [-0.25, -0.2) is 4.79 Å². The minimum absolute atomic E-state index is 0.284. The molecule has 0 spiro atoms. The van der Waals surface area contributed by atoms with Gasteiger partial charge >= 0.3 is 5.97 Å². The van der Waals surface area contributed by atoms with Crippen molar-refractivity contribution in [2.24, 2.45) is 0 Å². The molecule has 2 rings (SSSR count). The van der Waals surface area contributed by atoms with Gasteiger partial charge in [0.1, 0.15) is 0 Å². The van der Waals surface area contributed by atoms with E-state index in [0.29, 0.717) is 5.69 Å². The second kappa shape index (κ2) is 3.89.